The second kappa shape index (κ2) is 14.1. The molecule has 0 bridgehead atoms. The van der Waals surface area contributed by atoms with Gasteiger partial charge < -0.3 is 4.90 Å². The molecule has 12 rings (SSSR count). The lowest BCUT2D eigenvalue weighted by Gasteiger charge is -2.28. The summed E-state index contributed by atoms with van der Waals surface area (Å²) in [5, 5.41) is 10.5. The predicted molar refractivity (Wildman–Crippen MR) is 260 cm³/mol. The number of rotatable bonds is 6. The van der Waals surface area contributed by atoms with Crippen LogP contribution in [0.4, 0.5) is 17.1 Å². The lowest BCUT2D eigenvalue weighted by Crippen LogP contribution is -2.10. The van der Waals surface area contributed by atoms with Crippen molar-refractivity contribution in [1.82, 2.24) is 0 Å². The molecule has 0 aliphatic carbocycles. The van der Waals surface area contributed by atoms with Crippen LogP contribution in [0.5, 0.6) is 0 Å². The van der Waals surface area contributed by atoms with Crippen molar-refractivity contribution >= 4 is 91.7 Å². The Morgan fingerprint density at radius 1 is 0.350 bits per heavy atom. The summed E-state index contributed by atoms with van der Waals surface area (Å²) in [7, 11) is 0. The second-order valence-electron chi connectivity index (χ2n) is 15.3. The van der Waals surface area contributed by atoms with Crippen molar-refractivity contribution in [2.24, 2.45) is 0 Å². The summed E-state index contributed by atoms with van der Waals surface area (Å²) in [5.74, 6) is 0. The van der Waals surface area contributed by atoms with E-state index in [0.717, 1.165) is 76.7 Å². The van der Waals surface area contributed by atoms with Crippen LogP contribution >= 0.6 is 11.3 Å². The van der Waals surface area contributed by atoms with Gasteiger partial charge >= 0.3 is 0 Å². The molecule has 0 saturated carbocycles. The summed E-state index contributed by atoms with van der Waals surface area (Å²) in [6.45, 7) is 0. The molecule has 12 aromatic rings. The van der Waals surface area contributed by atoms with Crippen molar-refractivity contribution in [3.8, 4) is 33.4 Å². The number of thiophene rings is 1. The number of hydrogen-bond donors (Lipinski definition) is 0. The van der Waals surface area contributed by atoms with Gasteiger partial charge in [-0.2, -0.15) is 0 Å². The first-order chi connectivity index (χ1) is 31.5. The average molecular weight is 784 g/mol. The molecule has 0 amide bonds. The molecule has 2 heteroatoms. The van der Waals surface area contributed by atoms with E-state index in [4.69, 9.17) is 0 Å². The van der Waals surface area contributed by atoms with E-state index in [2.05, 4.69) is 127 Å². The normalized spacial score (nSPS) is 12.6. The van der Waals surface area contributed by atoms with E-state index in [-0.39, 0.29) is 35.4 Å². The van der Waals surface area contributed by atoms with Crippen LogP contribution in [-0.2, 0) is 0 Å². The fraction of sp³-hybridized carbons (Fsp3) is 0. The molecule has 0 saturated heterocycles. The predicted octanol–water partition coefficient (Wildman–Crippen LogP) is 17.1. The SMILES string of the molecule is [2H]c1c([2H])c(N(c2ccc(-c3cccc4c3sc3ccccc34)cc2)c2cc3ccccc3c3ccccc23)c([2H])c([2H])c1-c1c(-c2ccccc2)c2ccccc2c2ccccc12. The monoisotopic (exact) mass is 783 g/mol. The Balaban J connectivity index is 1.13. The Kier molecular flexibility index (Phi) is 7.17. The molecule has 0 aliphatic rings. The van der Waals surface area contributed by atoms with Crippen molar-refractivity contribution in [2.45, 2.75) is 0 Å². The Morgan fingerprint density at radius 2 is 0.883 bits per heavy atom. The highest BCUT2D eigenvalue weighted by atomic mass is 32.1. The number of benzene rings is 11. The molecule has 1 heterocycles. The van der Waals surface area contributed by atoms with Gasteiger partial charge in [-0.1, -0.05) is 188 Å². The Labute approximate surface area is 358 Å². The maximum absolute atomic E-state index is 10.1. The first kappa shape index (κ1) is 30.5. The molecule has 1 nitrogen and oxygen atoms in total. The highest BCUT2D eigenvalue weighted by molar-refractivity contribution is 7.26. The molecule has 0 aliphatic heterocycles. The van der Waals surface area contributed by atoms with Crippen molar-refractivity contribution in [3.05, 3.63) is 224 Å². The quantitative estimate of drug-likeness (QED) is 0.152. The van der Waals surface area contributed by atoms with Crippen molar-refractivity contribution in [2.75, 3.05) is 4.90 Å². The summed E-state index contributed by atoms with van der Waals surface area (Å²) in [4.78, 5) is 1.94. The molecular formula is C58H37NS. The summed E-state index contributed by atoms with van der Waals surface area (Å²) in [5.41, 5.74) is 6.65. The van der Waals surface area contributed by atoms with Crippen LogP contribution in [0.1, 0.15) is 5.48 Å². The zero-order chi connectivity index (χ0) is 43.1. The van der Waals surface area contributed by atoms with Crippen LogP contribution in [0.3, 0.4) is 0 Å². The zero-order valence-corrected chi connectivity index (χ0v) is 33.2. The maximum atomic E-state index is 10.1. The van der Waals surface area contributed by atoms with Gasteiger partial charge in [-0.25, -0.2) is 0 Å². The van der Waals surface area contributed by atoms with Gasteiger partial charge in [-0.3, -0.25) is 0 Å². The third kappa shape index (κ3) is 5.53. The highest BCUT2D eigenvalue weighted by Gasteiger charge is 2.21. The van der Waals surface area contributed by atoms with E-state index >= 15 is 0 Å². The fourth-order valence-electron chi connectivity index (χ4n) is 9.22. The fourth-order valence-corrected chi connectivity index (χ4v) is 10.5. The smallest absolute Gasteiger partial charge is 0.0645 e. The minimum Gasteiger partial charge on any atom is -0.310 e. The summed E-state index contributed by atoms with van der Waals surface area (Å²) < 4.78 is 42.6. The molecule has 0 unspecified atom stereocenters. The van der Waals surface area contributed by atoms with Gasteiger partial charge in [0.2, 0.25) is 0 Å². The molecule has 280 valence electrons. The van der Waals surface area contributed by atoms with E-state index in [1.54, 1.807) is 11.3 Å². The second-order valence-corrected chi connectivity index (χ2v) is 16.3. The Bertz CT molecular complexity index is 3810. The van der Waals surface area contributed by atoms with Crippen molar-refractivity contribution in [3.63, 3.8) is 0 Å². The van der Waals surface area contributed by atoms with Gasteiger partial charge in [0, 0.05) is 36.9 Å². The molecule has 0 spiro atoms. The standard InChI is InChI=1S/C58H37NS/c1-2-15-39(16-3-1)56-51-24-10-7-20-47(51)48-21-8-11-25-52(48)57(56)40-31-35-43(36-32-40)59(54-37-41-17-4-5-18-44(41)46-19-6-9-22-49(46)54)42-33-29-38(30-34-42)45-26-14-27-53-50-23-12-13-28-55(50)60-58(45)53/h1-37H/i31D,32D,35D,36D. The number of anilines is 3. The average Bonchev–Trinajstić information content (AvgIpc) is 3.74. The number of hydrogen-bond acceptors (Lipinski definition) is 2. The zero-order valence-electron chi connectivity index (χ0n) is 36.4. The van der Waals surface area contributed by atoms with Crippen LogP contribution in [0.15, 0.2) is 224 Å². The van der Waals surface area contributed by atoms with Crippen LogP contribution < -0.4 is 4.90 Å². The maximum Gasteiger partial charge on any atom is 0.0645 e. The molecule has 1 aromatic heterocycles. The number of fused-ring (bicyclic) bond motifs is 9. The van der Waals surface area contributed by atoms with E-state index < -0.39 is 0 Å². The van der Waals surface area contributed by atoms with Crippen LogP contribution in [-0.4, -0.2) is 0 Å². The van der Waals surface area contributed by atoms with Gasteiger partial charge in [0.1, 0.15) is 0 Å². The van der Waals surface area contributed by atoms with Gasteiger partial charge in [-0.15, -0.1) is 11.3 Å². The Morgan fingerprint density at radius 3 is 1.58 bits per heavy atom. The van der Waals surface area contributed by atoms with Gasteiger partial charge in [-0.05, 0) is 107 Å². The molecule has 0 radical (unpaired) electrons. The first-order valence-corrected chi connectivity index (χ1v) is 21.1. The van der Waals surface area contributed by atoms with Crippen LogP contribution in [0.25, 0.3) is 96.6 Å². The molecule has 60 heavy (non-hydrogen) atoms. The lowest BCUT2D eigenvalue weighted by atomic mass is 9.85. The van der Waals surface area contributed by atoms with Crippen molar-refractivity contribution in [1.29, 1.82) is 0 Å². The van der Waals surface area contributed by atoms with Crippen molar-refractivity contribution < 1.29 is 5.48 Å². The third-order valence-electron chi connectivity index (χ3n) is 11.9. The van der Waals surface area contributed by atoms with Crippen LogP contribution in [0.2, 0.25) is 0 Å². The molecular weight excluding hydrogens is 743 g/mol. The topological polar surface area (TPSA) is 3.24 Å². The molecule has 0 fully saturated rings. The minimum absolute atomic E-state index is 0.100. The molecule has 11 aromatic carbocycles. The Hall–Kier alpha value is -7.52. The van der Waals surface area contributed by atoms with E-state index in [1.165, 1.54) is 20.2 Å². The molecule has 0 atom stereocenters. The first-order valence-electron chi connectivity index (χ1n) is 22.3. The van der Waals surface area contributed by atoms with E-state index in [1.807, 2.05) is 77.7 Å². The van der Waals surface area contributed by atoms with Gasteiger partial charge in [0.05, 0.1) is 11.2 Å². The van der Waals surface area contributed by atoms with Gasteiger partial charge in [0.15, 0.2) is 0 Å². The largest absolute Gasteiger partial charge is 0.310 e. The van der Waals surface area contributed by atoms with Gasteiger partial charge in [0.25, 0.3) is 0 Å². The molecule has 0 N–H and O–H groups in total. The highest BCUT2D eigenvalue weighted by Crippen LogP contribution is 2.47. The summed E-state index contributed by atoms with van der Waals surface area (Å²) >= 11 is 1.80. The van der Waals surface area contributed by atoms with E-state index in [0.29, 0.717) is 5.56 Å². The van der Waals surface area contributed by atoms with E-state index in [9.17, 15) is 5.48 Å². The summed E-state index contributed by atoms with van der Waals surface area (Å²) in [6, 6.07) is 68.0. The summed E-state index contributed by atoms with van der Waals surface area (Å²) in [6.07, 6.45) is 0. The number of nitrogens with zero attached hydrogens (tertiary/aromatic N) is 1. The lowest BCUT2D eigenvalue weighted by molar-refractivity contribution is 1.30. The van der Waals surface area contributed by atoms with Crippen LogP contribution in [0, 0.1) is 0 Å². The third-order valence-corrected chi connectivity index (χ3v) is 13.1. The minimum atomic E-state index is -0.122.